The molecule has 6 nitrogen and oxygen atoms in total. The Hall–Kier alpha value is -1.69. The maximum absolute atomic E-state index is 9.17. The molecular weight excluding hydrogens is 230 g/mol. The van der Waals surface area contributed by atoms with E-state index in [0.717, 1.165) is 24.9 Å². The minimum atomic E-state index is 0.161. The van der Waals surface area contributed by atoms with Gasteiger partial charge in [-0.25, -0.2) is 15.0 Å². The molecule has 0 saturated carbocycles. The van der Waals surface area contributed by atoms with Crippen molar-refractivity contribution in [3.63, 3.8) is 0 Å². The molecule has 0 saturated heterocycles. The van der Waals surface area contributed by atoms with Crippen LogP contribution < -0.4 is 5.73 Å². The van der Waals surface area contributed by atoms with Crippen LogP contribution in [0.5, 0.6) is 0 Å². The van der Waals surface area contributed by atoms with Crippen LogP contribution >= 0.6 is 0 Å². The molecule has 1 unspecified atom stereocenters. The molecule has 1 atom stereocenters. The Kier molecular flexibility index (Phi) is 4.09. The van der Waals surface area contributed by atoms with Crippen LogP contribution in [0.25, 0.3) is 11.2 Å². The standard InChI is InChI=1S/C12H19N5O/c1-2-3-4-9(5-6-18)17-8-16-10-11(13)14-7-15-12(10)17/h7-9,18H,2-6H2,1H3,(H2,13,14,15). The Bertz CT molecular complexity index is 510. The van der Waals surface area contributed by atoms with Crippen LogP contribution in [-0.2, 0) is 0 Å². The zero-order chi connectivity index (χ0) is 13.0. The quantitative estimate of drug-likeness (QED) is 0.810. The zero-order valence-corrected chi connectivity index (χ0v) is 10.6. The van der Waals surface area contributed by atoms with Crippen LogP contribution in [0, 0.1) is 0 Å². The van der Waals surface area contributed by atoms with Gasteiger partial charge in [0.1, 0.15) is 11.8 Å². The van der Waals surface area contributed by atoms with Crippen molar-refractivity contribution in [1.29, 1.82) is 0 Å². The molecule has 2 aromatic rings. The Labute approximate surface area is 106 Å². The van der Waals surface area contributed by atoms with E-state index in [1.54, 1.807) is 6.33 Å². The molecule has 3 N–H and O–H groups in total. The summed E-state index contributed by atoms with van der Waals surface area (Å²) in [5, 5.41) is 9.17. The van der Waals surface area contributed by atoms with E-state index in [1.807, 2.05) is 4.57 Å². The highest BCUT2D eigenvalue weighted by molar-refractivity contribution is 5.81. The van der Waals surface area contributed by atoms with E-state index >= 15 is 0 Å². The topological polar surface area (TPSA) is 89.8 Å². The summed E-state index contributed by atoms with van der Waals surface area (Å²) in [6.07, 6.45) is 7.15. The first-order valence-corrected chi connectivity index (χ1v) is 6.31. The highest BCUT2D eigenvalue weighted by Gasteiger charge is 2.15. The maximum atomic E-state index is 9.17. The van der Waals surface area contributed by atoms with Crippen molar-refractivity contribution >= 4 is 17.0 Å². The Morgan fingerprint density at radius 3 is 2.89 bits per heavy atom. The highest BCUT2D eigenvalue weighted by Crippen LogP contribution is 2.24. The summed E-state index contributed by atoms with van der Waals surface area (Å²) in [5.41, 5.74) is 7.15. The summed E-state index contributed by atoms with van der Waals surface area (Å²) in [7, 11) is 0. The lowest BCUT2D eigenvalue weighted by Gasteiger charge is -2.17. The van der Waals surface area contributed by atoms with E-state index < -0.39 is 0 Å². The van der Waals surface area contributed by atoms with Crippen LogP contribution in [0.4, 0.5) is 5.82 Å². The van der Waals surface area contributed by atoms with E-state index in [2.05, 4.69) is 21.9 Å². The number of hydrogen-bond acceptors (Lipinski definition) is 5. The minimum Gasteiger partial charge on any atom is -0.396 e. The second-order valence-electron chi connectivity index (χ2n) is 4.39. The second kappa shape index (κ2) is 5.77. The number of nitrogens with two attached hydrogens (primary N) is 1. The lowest BCUT2D eigenvalue weighted by molar-refractivity contribution is 0.252. The van der Waals surface area contributed by atoms with Crippen LogP contribution in [-0.4, -0.2) is 31.2 Å². The third-order valence-corrected chi connectivity index (χ3v) is 3.13. The van der Waals surface area contributed by atoms with Gasteiger partial charge in [0.2, 0.25) is 0 Å². The summed E-state index contributed by atoms with van der Waals surface area (Å²) in [5.74, 6) is 0.400. The van der Waals surface area contributed by atoms with Gasteiger partial charge in [0, 0.05) is 12.6 Å². The van der Waals surface area contributed by atoms with Gasteiger partial charge in [0.05, 0.1) is 6.33 Å². The molecule has 2 aromatic heterocycles. The van der Waals surface area contributed by atoms with Crippen molar-refractivity contribution in [2.24, 2.45) is 0 Å². The number of hydrogen-bond donors (Lipinski definition) is 2. The first-order valence-electron chi connectivity index (χ1n) is 6.31. The molecule has 0 radical (unpaired) electrons. The van der Waals surface area contributed by atoms with E-state index in [1.165, 1.54) is 6.33 Å². The Balaban J connectivity index is 2.34. The summed E-state index contributed by atoms with van der Waals surface area (Å²) in [6, 6.07) is 0.217. The monoisotopic (exact) mass is 249 g/mol. The third kappa shape index (κ3) is 2.43. The normalized spacial score (nSPS) is 13.0. The van der Waals surface area contributed by atoms with Gasteiger partial charge in [0.25, 0.3) is 0 Å². The minimum absolute atomic E-state index is 0.161. The largest absolute Gasteiger partial charge is 0.396 e. The molecule has 0 aromatic carbocycles. The second-order valence-corrected chi connectivity index (χ2v) is 4.39. The number of anilines is 1. The predicted molar refractivity (Wildman–Crippen MR) is 70.0 cm³/mol. The number of aliphatic hydroxyl groups is 1. The molecule has 0 aliphatic heterocycles. The fourth-order valence-corrected chi connectivity index (χ4v) is 2.15. The van der Waals surface area contributed by atoms with Crippen LogP contribution in [0.15, 0.2) is 12.7 Å². The maximum Gasteiger partial charge on any atom is 0.165 e. The molecule has 0 fully saturated rings. The van der Waals surface area contributed by atoms with Gasteiger partial charge in [-0.1, -0.05) is 19.8 Å². The Morgan fingerprint density at radius 1 is 1.33 bits per heavy atom. The molecule has 2 rings (SSSR count). The number of nitrogens with zero attached hydrogens (tertiary/aromatic N) is 4. The van der Waals surface area contributed by atoms with Crippen molar-refractivity contribution < 1.29 is 5.11 Å². The number of imidazole rings is 1. The number of rotatable bonds is 6. The number of nitrogen functional groups attached to an aromatic ring is 1. The van der Waals surface area contributed by atoms with Gasteiger partial charge in [-0.3, -0.25) is 0 Å². The van der Waals surface area contributed by atoms with Crippen LogP contribution in [0.2, 0.25) is 0 Å². The van der Waals surface area contributed by atoms with E-state index in [0.29, 0.717) is 17.8 Å². The van der Waals surface area contributed by atoms with E-state index in [-0.39, 0.29) is 12.6 Å². The SMILES string of the molecule is CCCCC(CCO)n1cnc2c(N)ncnc21. The zero-order valence-electron chi connectivity index (χ0n) is 10.6. The van der Waals surface area contributed by atoms with Gasteiger partial charge in [-0.05, 0) is 12.8 Å². The van der Waals surface area contributed by atoms with E-state index in [9.17, 15) is 5.11 Å². The summed E-state index contributed by atoms with van der Waals surface area (Å²) < 4.78 is 2.00. The molecule has 0 spiro atoms. The van der Waals surface area contributed by atoms with Crippen molar-refractivity contribution in [2.75, 3.05) is 12.3 Å². The van der Waals surface area contributed by atoms with Gasteiger partial charge < -0.3 is 15.4 Å². The van der Waals surface area contributed by atoms with Crippen molar-refractivity contribution in [3.05, 3.63) is 12.7 Å². The lowest BCUT2D eigenvalue weighted by atomic mass is 10.1. The van der Waals surface area contributed by atoms with Gasteiger partial charge in [-0.15, -0.1) is 0 Å². The first-order chi connectivity index (χ1) is 8.77. The molecule has 2 heterocycles. The highest BCUT2D eigenvalue weighted by atomic mass is 16.3. The molecule has 98 valence electrons. The smallest absolute Gasteiger partial charge is 0.165 e. The predicted octanol–water partition coefficient (Wildman–Crippen LogP) is 1.52. The fourth-order valence-electron chi connectivity index (χ4n) is 2.15. The Morgan fingerprint density at radius 2 is 2.17 bits per heavy atom. The van der Waals surface area contributed by atoms with Gasteiger partial charge in [-0.2, -0.15) is 0 Å². The number of fused-ring (bicyclic) bond motifs is 1. The molecule has 0 amide bonds. The average Bonchev–Trinajstić information content (AvgIpc) is 2.80. The van der Waals surface area contributed by atoms with Crippen molar-refractivity contribution in [2.45, 2.75) is 38.6 Å². The van der Waals surface area contributed by atoms with Gasteiger partial charge >= 0.3 is 0 Å². The molecular formula is C12H19N5O. The molecule has 0 aliphatic rings. The van der Waals surface area contributed by atoms with Crippen LogP contribution in [0.1, 0.15) is 38.6 Å². The molecule has 18 heavy (non-hydrogen) atoms. The molecule has 0 bridgehead atoms. The van der Waals surface area contributed by atoms with Crippen molar-refractivity contribution in [3.8, 4) is 0 Å². The lowest BCUT2D eigenvalue weighted by Crippen LogP contribution is -2.11. The summed E-state index contributed by atoms with van der Waals surface area (Å²) in [6.45, 7) is 2.32. The van der Waals surface area contributed by atoms with E-state index in [4.69, 9.17) is 5.73 Å². The molecule has 6 heteroatoms. The molecule has 0 aliphatic carbocycles. The number of aliphatic hydroxyl groups excluding tert-OH is 1. The number of unbranched alkanes of at least 4 members (excludes halogenated alkanes) is 1. The average molecular weight is 249 g/mol. The van der Waals surface area contributed by atoms with Crippen LogP contribution in [0.3, 0.4) is 0 Å². The first kappa shape index (κ1) is 12.8. The number of aromatic nitrogens is 4. The third-order valence-electron chi connectivity index (χ3n) is 3.13. The van der Waals surface area contributed by atoms with Crippen molar-refractivity contribution in [1.82, 2.24) is 19.5 Å². The fraction of sp³-hybridized carbons (Fsp3) is 0.583. The summed E-state index contributed by atoms with van der Waals surface area (Å²) in [4.78, 5) is 12.4. The van der Waals surface area contributed by atoms with Gasteiger partial charge in [0.15, 0.2) is 11.5 Å². The summed E-state index contributed by atoms with van der Waals surface area (Å²) >= 11 is 0.